The van der Waals surface area contributed by atoms with Gasteiger partial charge in [0, 0.05) is 5.02 Å². The summed E-state index contributed by atoms with van der Waals surface area (Å²) in [6.45, 7) is 6.78. The van der Waals surface area contributed by atoms with Crippen molar-refractivity contribution >= 4 is 17.9 Å². The normalized spacial score (nSPS) is 11.2. The summed E-state index contributed by atoms with van der Waals surface area (Å²) in [5, 5.41) is 0.542. The van der Waals surface area contributed by atoms with Gasteiger partial charge in [-0.15, -0.1) is 0 Å². The van der Waals surface area contributed by atoms with Crippen molar-refractivity contribution in [2.45, 2.75) is 20.8 Å². The van der Waals surface area contributed by atoms with E-state index in [4.69, 9.17) is 16.3 Å². The maximum absolute atomic E-state index is 10.8. The Morgan fingerprint density at radius 3 is 2.60 bits per heavy atom. The van der Waals surface area contributed by atoms with E-state index >= 15 is 0 Å². The van der Waals surface area contributed by atoms with Crippen LogP contribution in [0.1, 0.15) is 31.1 Å². The largest absolute Gasteiger partial charge is 0.492 e. The zero-order chi connectivity index (χ0) is 11.5. The lowest BCUT2D eigenvalue weighted by atomic mass is 9.99. The zero-order valence-electron chi connectivity index (χ0n) is 9.21. The summed E-state index contributed by atoms with van der Waals surface area (Å²) in [4.78, 5) is 10.8. The van der Waals surface area contributed by atoms with Crippen LogP contribution in [0.3, 0.4) is 0 Å². The molecule has 82 valence electrons. The third kappa shape index (κ3) is 3.92. The Bertz CT molecular complexity index is 353. The SMILES string of the molecule is CC(C)(C)COc1ccc(Cl)cc1C=O. The van der Waals surface area contributed by atoms with Gasteiger partial charge in [0.15, 0.2) is 6.29 Å². The van der Waals surface area contributed by atoms with Gasteiger partial charge in [-0.05, 0) is 23.6 Å². The molecule has 2 nitrogen and oxygen atoms in total. The van der Waals surface area contributed by atoms with E-state index in [1.54, 1.807) is 18.2 Å². The van der Waals surface area contributed by atoms with Crippen LogP contribution >= 0.6 is 11.6 Å². The average molecular weight is 227 g/mol. The van der Waals surface area contributed by atoms with Crippen molar-refractivity contribution in [3.63, 3.8) is 0 Å². The number of benzene rings is 1. The topological polar surface area (TPSA) is 26.3 Å². The van der Waals surface area contributed by atoms with Crippen LogP contribution in [0, 0.1) is 5.41 Å². The van der Waals surface area contributed by atoms with Gasteiger partial charge in [0.25, 0.3) is 0 Å². The van der Waals surface area contributed by atoms with Gasteiger partial charge in [0.05, 0.1) is 12.2 Å². The molecule has 0 N–H and O–H groups in total. The van der Waals surface area contributed by atoms with Crippen molar-refractivity contribution in [3.05, 3.63) is 28.8 Å². The summed E-state index contributed by atoms with van der Waals surface area (Å²) in [5.74, 6) is 0.587. The van der Waals surface area contributed by atoms with Crippen molar-refractivity contribution in [2.24, 2.45) is 5.41 Å². The Balaban J connectivity index is 2.81. The van der Waals surface area contributed by atoms with Crippen LogP contribution in [-0.2, 0) is 0 Å². The Morgan fingerprint density at radius 1 is 1.40 bits per heavy atom. The van der Waals surface area contributed by atoms with Gasteiger partial charge in [0.1, 0.15) is 5.75 Å². The fourth-order valence-corrected chi connectivity index (χ4v) is 1.22. The molecule has 0 fully saturated rings. The molecule has 0 aliphatic rings. The molecule has 3 heteroatoms. The predicted octanol–water partition coefficient (Wildman–Crippen LogP) is 3.58. The van der Waals surface area contributed by atoms with Crippen LogP contribution in [-0.4, -0.2) is 12.9 Å². The van der Waals surface area contributed by atoms with E-state index in [9.17, 15) is 4.79 Å². The second-order valence-electron chi connectivity index (χ2n) is 4.65. The van der Waals surface area contributed by atoms with Gasteiger partial charge in [-0.25, -0.2) is 0 Å². The Kier molecular flexibility index (Phi) is 3.75. The Hall–Kier alpha value is -1.02. The van der Waals surface area contributed by atoms with Crippen molar-refractivity contribution < 1.29 is 9.53 Å². The zero-order valence-corrected chi connectivity index (χ0v) is 9.97. The number of rotatable bonds is 3. The molecule has 0 radical (unpaired) electrons. The van der Waals surface area contributed by atoms with Crippen molar-refractivity contribution in [1.29, 1.82) is 0 Å². The fraction of sp³-hybridized carbons (Fsp3) is 0.417. The molecule has 0 aromatic heterocycles. The van der Waals surface area contributed by atoms with Gasteiger partial charge in [0.2, 0.25) is 0 Å². The first-order valence-corrected chi connectivity index (χ1v) is 5.18. The highest BCUT2D eigenvalue weighted by atomic mass is 35.5. The number of ether oxygens (including phenoxy) is 1. The predicted molar refractivity (Wildman–Crippen MR) is 61.8 cm³/mol. The molecule has 0 spiro atoms. The third-order valence-corrected chi connectivity index (χ3v) is 1.99. The first kappa shape index (κ1) is 12.1. The van der Waals surface area contributed by atoms with Gasteiger partial charge < -0.3 is 4.74 Å². The molecule has 0 saturated heterocycles. The number of carbonyl (C=O) groups is 1. The van der Waals surface area contributed by atoms with Crippen LogP contribution in [0.2, 0.25) is 5.02 Å². The smallest absolute Gasteiger partial charge is 0.153 e. The van der Waals surface area contributed by atoms with Crippen molar-refractivity contribution in [2.75, 3.05) is 6.61 Å². The highest BCUT2D eigenvalue weighted by Gasteiger charge is 2.12. The molecule has 0 heterocycles. The average Bonchev–Trinajstić information content (AvgIpc) is 2.14. The van der Waals surface area contributed by atoms with E-state index in [1.807, 2.05) is 0 Å². The van der Waals surface area contributed by atoms with E-state index in [0.29, 0.717) is 22.9 Å². The molecular formula is C12H15ClO2. The van der Waals surface area contributed by atoms with E-state index in [1.165, 1.54) is 0 Å². The first-order chi connectivity index (χ1) is 6.92. The molecule has 1 aromatic rings. The minimum Gasteiger partial charge on any atom is -0.492 e. The standard InChI is InChI=1S/C12H15ClO2/c1-12(2,3)8-15-11-5-4-10(13)6-9(11)7-14/h4-7H,8H2,1-3H3. The summed E-state index contributed by atoms with van der Waals surface area (Å²) >= 11 is 5.77. The van der Waals surface area contributed by atoms with Crippen molar-refractivity contribution in [3.8, 4) is 5.75 Å². The van der Waals surface area contributed by atoms with Crippen LogP contribution in [0.5, 0.6) is 5.75 Å². The van der Waals surface area contributed by atoms with Crippen LogP contribution in [0.15, 0.2) is 18.2 Å². The molecule has 1 rings (SSSR count). The lowest BCUT2D eigenvalue weighted by molar-refractivity contribution is 0.111. The van der Waals surface area contributed by atoms with Gasteiger partial charge in [-0.3, -0.25) is 4.79 Å². The molecular weight excluding hydrogens is 212 g/mol. The van der Waals surface area contributed by atoms with Gasteiger partial charge in [-0.1, -0.05) is 32.4 Å². The van der Waals surface area contributed by atoms with Gasteiger partial charge >= 0.3 is 0 Å². The van der Waals surface area contributed by atoms with E-state index in [2.05, 4.69) is 20.8 Å². The highest BCUT2D eigenvalue weighted by molar-refractivity contribution is 6.30. The molecule has 15 heavy (non-hydrogen) atoms. The summed E-state index contributed by atoms with van der Waals surface area (Å²) in [6.07, 6.45) is 0.754. The number of hydrogen-bond donors (Lipinski definition) is 0. The fourth-order valence-electron chi connectivity index (χ4n) is 1.04. The minimum absolute atomic E-state index is 0.0692. The lowest BCUT2D eigenvalue weighted by Gasteiger charge is -2.19. The van der Waals surface area contributed by atoms with Crippen LogP contribution < -0.4 is 4.74 Å². The van der Waals surface area contributed by atoms with E-state index < -0.39 is 0 Å². The quantitative estimate of drug-likeness (QED) is 0.737. The van der Waals surface area contributed by atoms with Crippen LogP contribution in [0.25, 0.3) is 0 Å². The summed E-state index contributed by atoms with van der Waals surface area (Å²) < 4.78 is 5.56. The maximum Gasteiger partial charge on any atom is 0.153 e. The summed E-state index contributed by atoms with van der Waals surface area (Å²) in [5.41, 5.74) is 0.562. The monoisotopic (exact) mass is 226 g/mol. The van der Waals surface area contributed by atoms with Crippen molar-refractivity contribution in [1.82, 2.24) is 0 Å². The molecule has 0 aliphatic heterocycles. The second kappa shape index (κ2) is 4.67. The lowest BCUT2D eigenvalue weighted by Crippen LogP contribution is -2.17. The molecule has 0 aliphatic carbocycles. The maximum atomic E-state index is 10.8. The molecule has 0 saturated carbocycles. The van der Waals surface area contributed by atoms with Gasteiger partial charge in [-0.2, -0.15) is 0 Å². The molecule has 0 amide bonds. The Morgan fingerprint density at radius 2 is 2.07 bits per heavy atom. The first-order valence-electron chi connectivity index (χ1n) is 4.80. The van der Waals surface area contributed by atoms with E-state index in [-0.39, 0.29) is 5.41 Å². The molecule has 1 aromatic carbocycles. The Labute approximate surface area is 95.2 Å². The molecule has 0 atom stereocenters. The molecule has 0 unspecified atom stereocenters. The summed E-state index contributed by atoms with van der Waals surface area (Å²) in [7, 11) is 0. The minimum atomic E-state index is 0.0692. The summed E-state index contributed by atoms with van der Waals surface area (Å²) in [6, 6.07) is 5.04. The third-order valence-electron chi connectivity index (χ3n) is 1.76. The number of hydrogen-bond acceptors (Lipinski definition) is 2. The highest BCUT2D eigenvalue weighted by Crippen LogP contribution is 2.23. The second-order valence-corrected chi connectivity index (χ2v) is 5.09. The number of aldehydes is 1. The van der Waals surface area contributed by atoms with E-state index in [0.717, 1.165) is 6.29 Å². The molecule has 0 bridgehead atoms. The number of halogens is 1. The number of carbonyl (C=O) groups excluding carboxylic acids is 1. The van der Waals surface area contributed by atoms with Crippen LogP contribution in [0.4, 0.5) is 0 Å².